The first kappa shape index (κ1) is 16.3. The smallest absolute Gasteiger partial charge is 0.372 e. The molecule has 0 radical (unpaired) electrons. The van der Waals surface area contributed by atoms with E-state index in [0.29, 0.717) is 0 Å². The largest absolute Gasteiger partial charge is 0.481 e. The van der Waals surface area contributed by atoms with Gasteiger partial charge in [-0.3, -0.25) is 0 Å². The Kier molecular flexibility index (Phi) is 5.78. The van der Waals surface area contributed by atoms with Crippen molar-refractivity contribution in [3.63, 3.8) is 0 Å². The third kappa shape index (κ3) is 3.40. The molecular weight excluding hydrogens is 268 g/mol. The third-order valence-electron chi connectivity index (χ3n) is 3.24. The van der Waals surface area contributed by atoms with Gasteiger partial charge in [0.25, 0.3) is 0 Å². The second-order valence-corrected chi connectivity index (χ2v) is 4.49. The highest BCUT2D eigenvalue weighted by atomic mass is 16.6. The van der Waals surface area contributed by atoms with Gasteiger partial charge in [-0.15, -0.1) is 0 Å². The first-order valence-corrected chi connectivity index (χ1v) is 6.01. The predicted octanol–water partition coefficient (Wildman–Crippen LogP) is -0.562. The number of azide groups is 1. The van der Waals surface area contributed by atoms with Crippen molar-refractivity contribution in [2.75, 3.05) is 13.7 Å². The topological polar surface area (TPSA) is 151 Å². The fraction of sp³-hybridized carbons (Fsp3) is 0.727. The zero-order valence-electron chi connectivity index (χ0n) is 11.2. The molecule has 0 saturated heterocycles. The summed E-state index contributed by atoms with van der Waals surface area (Å²) in [6.45, 7) is 1.13. The van der Waals surface area contributed by atoms with Crippen LogP contribution in [0.3, 0.4) is 0 Å². The summed E-state index contributed by atoms with van der Waals surface area (Å²) in [4.78, 5) is 14.2. The molecule has 4 unspecified atom stereocenters. The summed E-state index contributed by atoms with van der Waals surface area (Å²) in [5.41, 5.74) is 14.5. The monoisotopic (exact) mass is 286 g/mol. The van der Waals surface area contributed by atoms with Gasteiger partial charge in [-0.25, -0.2) is 4.79 Å². The zero-order valence-corrected chi connectivity index (χ0v) is 11.2. The molecule has 1 aliphatic rings. The van der Waals surface area contributed by atoms with E-state index in [-0.39, 0.29) is 5.76 Å². The van der Waals surface area contributed by atoms with Gasteiger partial charge in [0, 0.05) is 10.8 Å². The predicted molar refractivity (Wildman–Crippen MR) is 68.1 cm³/mol. The van der Waals surface area contributed by atoms with Gasteiger partial charge >= 0.3 is 5.97 Å². The number of methoxy groups -OCH3 is 1. The van der Waals surface area contributed by atoms with Gasteiger partial charge in [-0.2, -0.15) is 0 Å². The maximum atomic E-state index is 11.5. The normalized spacial score (nSPS) is 28.4. The molecule has 112 valence electrons. The number of nitrogens with two attached hydrogens (primary N) is 1. The lowest BCUT2D eigenvalue weighted by Crippen LogP contribution is -2.53. The minimum absolute atomic E-state index is 0.131. The first-order valence-electron chi connectivity index (χ1n) is 6.01. The van der Waals surface area contributed by atoms with Gasteiger partial charge in [0.2, 0.25) is 5.76 Å². The van der Waals surface area contributed by atoms with E-state index in [9.17, 15) is 9.90 Å². The Morgan fingerprint density at radius 1 is 1.75 bits per heavy atom. The van der Waals surface area contributed by atoms with Gasteiger partial charge < -0.3 is 25.4 Å². The molecule has 20 heavy (non-hydrogen) atoms. The van der Waals surface area contributed by atoms with E-state index in [1.165, 1.54) is 13.2 Å². The summed E-state index contributed by atoms with van der Waals surface area (Å²) in [6, 6.07) is -1.56. The molecule has 1 heterocycles. The van der Waals surface area contributed by atoms with Crippen LogP contribution in [0.2, 0.25) is 0 Å². The van der Waals surface area contributed by atoms with E-state index in [0.717, 1.165) is 0 Å². The van der Waals surface area contributed by atoms with Gasteiger partial charge in [-0.1, -0.05) is 12.0 Å². The fourth-order valence-corrected chi connectivity index (χ4v) is 1.95. The van der Waals surface area contributed by atoms with Gasteiger partial charge in [0.05, 0.1) is 31.9 Å². The van der Waals surface area contributed by atoms with Crippen LogP contribution in [-0.4, -0.2) is 54.2 Å². The molecule has 1 rings (SSSR count). The van der Waals surface area contributed by atoms with Gasteiger partial charge in [0.15, 0.2) is 0 Å². The summed E-state index contributed by atoms with van der Waals surface area (Å²) in [5.74, 6) is -1.43. The van der Waals surface area contributed by atoms with Crippen molar-refractivity contribution in [3.8, 4) is 0 Å². The number of rotatable bonds is 5. The Morgan fingerprint density at radius 3 is 2.90 bits per heavy atom. The molecule has 0 bridgehead atoms. The molecule has 4 N–H and O–H groups in total. The lowest BCUT2D eigenvalue weighted by Gasteiger charge is -2.37. The van der Waals surface area contributed by atoms with Crippen molar-refractivity contribution >= 4 is 5.97 Å². The zero-order chi connectivity index (χ0) is 15.3. The minimum atomic E-state index is -1.07. The standard InChI is InChI=1S/C11H18N4O5/c1-5(7(17)4-16)10-9(12)6(14-15-13)3-8(20-10)11(18)19-2/h3,5-7,9-10,16-17H,4,12H2,1-2H3/t5?,6?,7?,9?,10-/m0/s1. The van der Waals surface area contributed by atoms with Crippen LogP contribution in [-0.2, 0) is 14.3 Å². The first-order chi connectivity index (χ1) is 9.46. The van der Waals surface area contributed by atoms with E-state index < -0.39 is 42.8 Å². The number of hydrogen-bond acceptors (Lipinski definition) is 7. The van der Waals surface area contributed by atoms with Crippen LogP contribution in [0.15, 0.2) is 16.9 Å². The number of aliphatic hydroxyl groups is 2. The highest BCUT2D eigenvalue weighted by molar-refractivity contribution is 5.86. The lowest BCUT2D eigenvalue weighted by atomic mass is 9.88. The SMILES string of the molecule is COC(=O)C1=CC(N=[N+]=[N-])C(N)[C@H](C(C)C(O)CO)O1. The maximum Gasteiger partial charge on any atom is 0.372 e. The number of aliphatic hydroxyl groups excluding tert-OH is 2. The van der Waals surface area contributed by atoms with Crippen LogP contribution in [0, 0.1) is 5.92 Å². The molecule has 9 nitrogen and oxygen atoms in total. The minimum Gasteiger partial charge on any atom is -0.481 e. The van der Waals surface area contributed by atoms with Crippen molar-refractivity contribution in [2.24, 2.45) is 16.8 Å². The van der Waals surface area contributed by atoms with E-state index in [1.54, 1.807) is 6.92 Å². The molecule has 1 aliphatic heterocycles. The Hall–Kier alpha value is -1.80. The second kappa shape index (κ2) is 7.11. The Bertz CT molecular complexity index is 435. The number of hydrogen-bond donors (Lipinski definition) is 3. The van der Waals surface area contributed by atoms with Crippen LogP contribution in [0.25, 0.3) is 10.4 Å². The van der Waals surface area contributed by atoms with E-state index >= 15 is 0 Å². The average molecular weight is 286 g/mol. The molecule has 5 atom stereocenters. The molecule has 0 spiro atoms. The average Bonchev–Trinajstić information content (AvgIpc) is 2.47. The van der Waals surface area contributed by atoms with Crippen molar-refractivity contribution in [3.05, 3.63) is 22.3 Å². The Morgan fingerprint density at radius 2 is 2.40 bits per heavy atom. The quantitative estimate of drug-likeness (QED) is 0.266. The summed E-state index contributed by atoms with van der Waals surface area (Å²) in [6.07, 6.45) is -0.591. The molecule has 0 aliphatic carbocycles. The van der Waals surface area contributed by atoms with Gasteiger partial charge in [0.1, 0.15) is 6.10 Å². The molecule has 0 aromatic carbocycles. The van der Waals surface area contributed by atoms with E-state index in [2.05, 4.69) is 14.8 Å². The molecule has 0 aromatic rings. The number of carbonyl (C=O) groups is 1. The van der Waals surface area contributed by atoms with Crippen LogP contribution < -0.4 is 5.73 Å². The van der Waals surface area contributed by atoms with Crippen LogP contribution in [0.5, 0.6) is 0 Å². The number of carbonyl (C=O) groups excluding carboxylic acids is 1. The Balaban J connectivity index is 3.06. The van der Waals surface area contributed by atoms with E-state index in [1.807, 2.05) is 0 Å². The number of ether oxygens (including phenoxy) is 2. The van der Waals surface area contributed by atoms with Gasteiger partial charge in [-0.05, 0) is 11.6 Å². The number of nitrogens with zero attached hydrogens (tertiary/aromatic N) is 3. The van der Waals surface area contributed by atoms with Crippen molar-refractivity contribution in [2.45, 2.75) is 31.2 Å². The third-order valence-corrected chi connectivity index (χ3v) is 3.24. The van der Waals surface area contributed by atoms with Crippen LogP contribution in [0.4, 0.5) is 0 Å². The summed E-state index contributed by atoms with van der Waals surface area (Å²) >= 11 is 0. The number of esters is 1. The van der Waals surface area contributed by atoms with Crippen molar-refractivity contribution in [1.29, 1.82) is 0 Å². The summed E-state index contributed by atoms with van der Waals surface area (Å²) in [7, 11) is 1.19. The van der Waals surface area contributed by atoms with Crippen molar-refractivity contribution in [1.82, 2.24) is 0 Å². The van der Waals surface area contributed by atoms with Crippen LogP contribution in [0.1, 0.15) is 6.92 Å². The molecule has 0 saturated carbocycles. The molecule has 9 heteroatoms. The molecule has 0 fully saturated rings. The molecule has 0 amide bonds. The van der Waals surface area contributed by atoms with Crippen LogP contribution >= 0.6 is 0 Å². The second-order valence-electron chi connectivity index (χ2n) is 4.49. The fourth-order valence-electron chi connectivity index (χ4n) is 1.95. The van der Waals surface area contributed by atoms with E-state index in [4.69, 9.17) is 21.1 Å². The lowest BCUT2D eigenvalue weighted by molar-refractivity contribution is -0.144. The summed E-state index contributed by atoms with van der Waals surface area (Å²) < 4.78 is 9.97. The maximum absolute atomic E-state index is 11.5. The highest BCUT2D eigenvalue weighted by Crippen LogP contribution is 2.26. The molecule has 0 aromatic heterocycles. The summed E-state index contributed by atoms with van der Waals surface area (Å²) in [5, 5.41) is 22.1. The molecular formula is C11H18N4O5. The highest BCUT2D eigenvalue weighted by Gasteiger charge is 2.39. The Labute approximate surface area is 115 Å². The van der Waals surface area contributed by atoms with Crippen molar-refractivity contribution < 1.29 is 24.5 Å².